The molecule has 7 nitrogen and oxygen atoms in total. The van der Waals surface area contributed by atoms with E-state index in [0.717, 1.165) is 9.87 Å². The van der Waals surface area contributed by atoms with Gasteiger partial charge in [-0.25, -0.2) is 8.42 Å². The Kier molecular flexibility index (Phi) is 7.05. The zero-order chi connectivity index (χ0) is 23.3. The van der Waals surface area contributed by atoms with Gasteiger partial charge in [0.15, 0.2) is 11.5 Å². The first-order valence-electron chi connectivity index (χ1n) is 9.91. The van der Waals surface area contributed by atoms with Crippen molar-refractivity contribution in [1.82, 2.24) is 0 Å². The molecule has 0 bridgehead atoms. The Bertz CT molecular complexity index is 1180. The summed E-state index contributed by atoms with van der Waals surface area (Å²) in [6, 6.07) is 20.3. The topological polar surface area (TPSA) is 76.2 Å². The molecular formula is C24H26N2O5S. The molecule has 0 spiro atoms. The molecular weight excluding hydrogens is 428 g/mol. The Hall–Kier alpha value is -3.52. The minimum absolute atomic E-state index is 0.0908. The quantitative estimate of drug-likeness (QED) is 0.516. The van der Waals surface area contributed by atoms with Gasteiger partial charge >= 0.3 is 0 Å². The van der Waals surface area contributed by atoms with Crippen LogP contribution < -0.4 is 18.7 Å². The third-order valence-electron chi connectivity index (χ3n) is 5.06. The van der Waals surface area contributed by atoms with Gasteiger partial charge in [-0.3, -0.25) is 9.10 Å². The van der Waals surface area contributed by atoms with Crippen molar-refractivity contribution in [2.24, 2.45) is 0 Å². The molecule has 0 saturated carbocycles. The zero-order valence-corrected chi connectivity index (χ0v) is 19.3. The minimum Gasteiger partial charge on any atom is -0.493 e. The van der Waals surface area contributed by atoms with E-state index >= 15 is 0 Å². The van der Waals surface area contributed by atoms with E-state index in [4.69, 9.17) is 9.47 Å². The van der Waals surface area contributed by atoms with E-state index in [-0.39, 0.29) is 16.5 Å². The smallest absolute Gasteiger partial charge is 0.264 e. The first-order valence-corrected chi connectivity index (χ1v) is 11.3. The molecule has 32 heavy (non-hydrogen) atoms. The highest BCUT2D eigenvalue weighted by molar-refractivity contribution is 7.92. The molecule has 3 aromatic rings. The van der Waals surface area contributed by atoms with E-state index in [1.807, 2.05) is 25.1 Å². The van der Waals surface area contributed by atoms with Crippen LogP contribution in [-0.4, -0.2) is 42.1 Å². The first kappa shape index (κ1) is 23.1. The van der Waals surface area contributed by atoms with Crippen LogP contribution in [0.15, 0.2) is 77.7 Å². The summed E-state index contributed by atoms with van der Waals surface area (Å²) in [4.78, 5) is 14.6. The number of sulfonamides is 1. The molecule has 3 aromatic carbocycles. The molecule has 0 unspecified atom stereocenters. The van der Waals surface area contributed by atoms with E-state index in [1.54, 1.807) is 49.5 Å². The summed E-state index contributed by atoms with van der Waals surface area (Å²) in [5.74, 6) is 0.427. The van der Waals surface area contributed by atoms with Crippen molar-refractivity contribution in [3.63, 3.8) is 0 Å². The third-order valence-corrected chi connectivity index (χ3v) is 6.85. The third kappa shape index (κ3) is 4.86. The Morgan fingerprint density at radius 3 is 2.06 bits per heavy atom. The fourth-order valence-corrected chi connectivity index (χ4v) is 4.56. The number of ether oxygens (including phenoxy) is 2. The molecule has 0 aliphatic carbocycles. The van der Waals surface area contributed by atoms with Crippen molar-refractivity contribution in [3.8, 4) is 11.5 Å². The number of rotatable bonds is 8. The number of amides is 1. The minimum atomic E-state index is -4.04. The Morgan fingerprint density at radius 2 is 1.47 bits per heavy atom. The predicted molar refractivity (Wildman–Crippen MR) is 125 cm³/mol. The number of para-hydroxylation sites is 1. The number of hydrogen-bond acceptors (Lipinski definition) is 5. The van der Waals surface area contributed by atoms with Crippen LogP contribution in [0, 0.1) is 6.92 Å². The second-order valence-electron chi connectivity index (χ2n) is 7.15. The van der Waals surface area contributed by atoms with Gasteiger partial charge in [-0.2, -0.15) is 0 Å². The van der Waals surface area contributed by atoms with E-state index in [2.05, 4.69) is 0 Å². The molecule has 0 N–H and O–H groups in total. The number of hydrogen-bond donors (Lipinski definition) is 0. The van der Waals surface area contributed by atoms with Crippen LogP contribution in [0.3, 0.4) is 0 Å². The molecule has 0 aromatic heterocycles. The van der Waals surface area contributed by atoms with Gasteiger partial charge in [-0.1, -0.05) is 35.9 Å². The number of anilines is 2. The summed E-state index contributed by atoms with van der Waals surface area (Å²) in [6.07, 6.45) is 0. The Labute approximate surface area is 188 Å². The summed E-state index contributed by atoms with van der Waals surface area (Å²) < 4.78 is 38.8. The molecule has 168 valence electrons. The van der Waals surface area contributed by atoms with Crippen molar-refractivity contribution in [1.29, 1.82) is 0 Å². The lowest BCUT2D eigenvalue weighted by Gasteiger charge is -2.27. The van der Waals surface area contributed by atoms with Gasteiger partial charge in [-0.15, -0.1) is 0 Å². The molecule has 0 atom stereocenters. The molecule has 1 amide bonds. The highest BCUT2D eigenvalue weighted by Gasteiger charge is 2.29. The first-order chi connectivity index (χ1) is 15.3. The fourth-order valence-electron chi connectivity index (χ4n) is 3.16. The van der Waals surface area contributed by atoms with Gasteiger partial charge in [0, 0.05) is 18.8 Å². The molecule has 3 rings (SSSR count). The standard InChI is InChI=1S/C24H26N2O5S/c1-18-10-13-21(14-11-18)32(28,29)26(20-12-15-22(30-3)23(16-20)31-4)17-24(27)25(2)19-8-6-5-7-9-19/h5-16H,17H2,1-4H3. The highest BCUT2D eigenvalue weighted by atomic mass is 32.2. The van der Waals surface area contributed by atoms with Crippen LogP contribution in [0.4, 0.5) is 11.4 Å². The van der Waals surface area contributed by atoms with Crippen LogP contribution in [0.25, 0.3) is 0 Å². The van der Waals surface area contributed by atoms with Crippen molar-refractivity contribution < 1.29 is 22.7 Å². The van der Waals surface area contributed by atoms with E-state index in [9.17, 15) is 13.2 Å². The maximum Gasteiger partial charge on any atom is 0.264 e. The van der Waals surface area contributed by atoms with Crippen molar-refractivity contribution in [2.45, 2.75) is 11.8 Å². The fraction of sp³-hybridized carbons (Fsp3) is 0.208. The monoisotopic (exact) mass is 454 g/mol. The van der Waals surface area contributed by atoms with Crippen molar-refractivity contribution >= 4 is 27.3 Å². The van der Waals surface area contributed by atoms with E-state index < -0.39 is 16.6 Å². The molecule has 0 aliphatic heterocycles. The molecule has 0 radical (unpaired) electrons. The van der Waals surface area contributed by atoms with Gasteiger partial charge in [0.2, 0.25) is 5.91 Å². The lowest BCUT2D eigenvalue weighted by atomic mass is 10.2. The van der Waals surface area contributed by atoms with E-state index in [1.165, 1.54) is 31.3 Å². The number of nitrogens with zero attached hydrogens (tertiary/aromatic N) is 2. The van der Waals surface area contributed by atoms with Crippen LogP contribution in [0.2, 0.25) is 0 Å². The second kappa shape index (κ2) is 9.74. The maximum atomic E-state index is 13.6. The summed E-state index contributed by atoms with van der Waals surface area (Å²) in [6.45, 7) is 1.48. The lowest BCUT2D eigenvalue weighted by molar-refractivity contribution is -0.116. The Morgan fingerprint density at radius 1 is 0.844 bits per heavy atom. The molecule has 8 heteroatoms. The zero-order valence-electron chi connectivity index (χ0n) is 18.5. The largest absolute Gasteiger partial charge is 0.493 e. The average molecular weight is 455 g/mol. The number of benzene rings is 3. The van der Waals surface area contributed by atoms with Crippen molar-refractivity contribution in [3.05, 3.63) is 78.4 Å². The van der Waals surface area contributed by atoms with Gasteiger partial charge in [0.1, 0.15) is 6.54 Å². The van der Waals surface area contributed by atoms with Crippen molar-refractivity contribution in [2.75, 3.05) is 37.0 Å². The second-order valence-corrected chi connectivity index (χ2v) is 9.01. The van der Waals surface area contributed by atoms with Crippen LogP contribution in [0.1, 0.15) is 5.56 Å². The van der Waals surface area contributed by atoms with Gasteiger partial charge in [0.05, 0.1) is 24.8 Å². The molecule has 0 heterocycles. The normalized spacial score (nSPS) is 11.0. The van der Waals surface area contributed by atoms with Gasteiger partial charge < -0.3 is 14.4 Å². The number of likely N-dealkylation sites (N-methyl/N-ethyl adjacent to an activating group) is 1. The number of carbonyl (C=O) groups is 1. The van der Waals surface area contributed by atoms with Crippen LogP contribution in [-0.2, 0) is 14.8 Å². The summed E-state index contributed by atoms with van der Waals surface area (Å²) >= 11 is 0. The highest BCUT2D eigenvalue weighted by Crippen LogP contribution is 2.34. The van der Waals surface area contributed by atoms with Gasteiger partial charge in [0.25, 0.3) is 10.0 Å². The number of methoxy groups -OCH3 is 2. The predicted octanol–water partition coefficient (Wildman–Crippen LogP) is 3.87. The average Bonchev–Trinajstić information content (AvgIpc) is 2.82. The van der Waals surface area contributed by atoms with Gasteiger partial charge in [-0.05, 0) is 43.3 Å². The molecule has 0 aliphatic rings. The lowest BCUT2D eigenvalue weighted by Crippen LogP contribution is -2.41. The number of aryl methyl sites for hydroxylation is 1. The van der Waals surface area contributed by atoms with Crippen LogP contribution >= 0.6 is 0 Å². The summed E-state index contributed by atoms with van der Waals surface area (Å²) in [5, 5.41) is 0. The SMILES string of the molecule is COc1ccc(N(CC(=O)N(C)c2ccccc2)S(=O)(=O)c2ccc(C)cc2)cc1OC. The van der Waals surface area contributed by atoms with E-state index in [0.29, 0.717) is 17.2 Å². The maximum absolute atomic E-state index is 13.6. The summed E-state index contributed by atoms with van der Waals surface area (Å²) in [5.41, 5.74) is 1.89. The Balaban J connectivity index is 2.05. The molecule has 0 fully saturated rings. The summed E-state index contributed by atoms with van der Waals surface area (Å²) in [7, 11) is 0.541. The van der Waals surface area contributed by atoms with Crippen LogP contribution in [0.5, 0.6) is 11.5 Å². The molecule has 0 saturated heterocycles. The number of carbonyl (C=O) groups excluding carboxylic acids is 1.